The summed E-state index contributed by atoms with van der Waals surface area (Å²) in [5.74, 6) is -0.916. The van der Waals surface area contributed by atoms with E-state index in [1.54, 1.807) is 20.8 Å². The molecule has 1 amide bonds. The zero-order chi connectivity index (χ0) is 13.2. The summed E-state index contributed by atoms with van der Waals surface area (Å²) in [6, 6.07) is -0.741. The van der Waals surface area contributed by atoms with Crippen LogP contribution < -0.4 is 0 Å². The number of nitrogens with zero attached hydrogens (tertiary/aromatic N) is 1. The van der Waals surface area contributed by atoms with Gasteiger partial charge in [0.1, 0.15) is 11.6 Å². The van der Waals surface area contributed by atoms with Crippen molar-refractivity contribution in [2.24, 2.45) is 5.92 Å². The molecule has 0 aliphatic carbocycles. The van der Waals surface area contributed by atoms with Gasteiger partial charge >= 0.3 is 12.1 Å². The summed E-state index contributed by atoms with van der Waals surface area (Å²) >= 11 is 0. The normalized spacial score (nSPS) is 24.8. The zero-order valence-corrected chi connectivity index (χ0v) is 10.9. The summed E-state index contributed by atoms with van der Waals surface area (Å²) in [5, 5.41) is 9.18. The van der Waals surface area contributed by atoms with Gasteiger partial charge in [0.2, 0.25) is 0 Å². The number of hydrogen-bond donors (Lipinski definition) is 1. The highest BCUT2D eigenvalue weighted by molar-refractivity contribution is 5.81. The van der Waals surface area contributed by atoms with Crippen LogP contribution in [0.5, 0.6) is 0 Å². The first kappa shape index (κ1) is 13.8. The van der Waals surface area contributed by atoms with Gasteiger partial charge in [0.25, 0.3) is 0 Å². The minimum atomic E-state index is -0.944. The maximum atomic E-state index is 11.9. The molecular weight excluding hydrogens is 222 g/mol. The van der Waals surface area contributed by atoms with Crippen molar-refractivity contribution in [2.75, 3.05) is 6.54 Å². The summed E-state index contributed by atoms with van der Waals surface area (Å²) in [7, 11) is 0. The van der Waals surface area contributed by atoms with Crippen LogP contribution in [0.2, 0.25) is 0 Å². The summed E-state index contributed by atoms with van der Waals surface area (Å²) < 4.78 is 5.22. The van der Waals surface area contributed by atoms with Gasteiger partial charge < -0.3 is 9.84 Å². The van der Waals surface area contributed by atoms with E-state index in [0.29, 0.717) is 6.54 Å². The molecule has 0 spiro atoms. The van der Waals surface area contributed by atoms with E-state index in [9.17, 15) is 14.7 Å². The highest BCUT2D eigenvalue weighted by atomic mass is 16.6. The average Bonchev–Trinajstić information content (AvgIpc) is 2.57. The molecule has 2 atom stereocenters. The number of carboxylic acid groups (broad SMARTS) is 1. The van der Waals surface area contributed by atoms with Crippen LogP contribution in [0.4, 0.5) is 4.79 Å². The number of carbonyl (C=O) groups excluding carboxylic acids is 1. The van der Waals surface area contributed by atoms with Crippen molar-refractivity contribution < 1.29 is 19.4 Å². The van der Waals surface area contributed by atoms with E-state index in [0.717, 1.165) is 12.8 Å². The van der Waals surface area contributed by atoms with Crippen LogP contribution in [0.3, 0.4) is 0 Å². The Morgan fingerprint density at radius 2 is 2.00 bits per heavy atom. The number of rotatable bonds is 2. The molecule has 0 radical (unpaired) electrons. The van der Waals surface area contributed by atoms with Gasteiger partial charge in [-0.05, 0) is 33.1 Å². The maximum Gasteiger partial charge on any atom is 0.411 e. The summed E-state index contributed by atoms with van der Waals surface area (Å²) in [6.45, 7) is 7.72. The van der Waals surface area contributed by atoms with Gasteiger partial charge in [-0.2, -0.15) is 0 Å². The second-order valence-corrected chi connectivity index (χ2v) is 5.41. The fourth-order valence-electron chi connectivity index (χ4n) is 2.14. The molecule has 0 aromatic heterocycles. The number of aliphatic carboxylic acids is 1. The van der Waals surface area contributed by atoms with Crippen LogP contribution in [0, 0.1) is 5.92 Å². The number of ether oxygens (including phenoxy) is 1. The minimum absolute atomic E-state index is 0.0278. The number of carbonyl (C=O) groups is 2. The molecular formula is C12H21NO4. The largest absolute Gasteiger partial charge is 0.480 e. The van der Waals surface area contributed by atoms with Crippen LogP contribution in [0.25, 0.3) is 0 Å². The first-order chi connectivity index (χ1) is 7.76. The second kappa shape index (κ2) is 4.94. The quantitative estimate of drug-likeness (QED) is 0.806. The van der Waals surface area contributed by atoms with E-state index in [2.05, 4.69) is 0 Å². The molecule has 5 heteroatoms. The van der Waals surface area contributed by atoms with Gasteiger partial charge in [0.15, 0.2) is 0 Å². The third-order valence-electron chi connectivity index (χ3n) is 2.93. The monoisotopic (exact) mass is 243 g/mol. The molecule has 1 rings (SSSR count). The average molecular weight is 243 g/mol. The molecule has 5 nitrogen and oxygen atoms in total. The lowest BCUT2D eigenvalue weighted by atomic mass is 9.98. The fraction of sp³-hybridized carbons (Fsp3) is 0.833. The van der Waals surface area contributed by atoms with Gasteiger partial charge in [-0.25, -0.2) is 9.59 Å². The molecule has 0 unspecified atom stereocenters. The van der Waals surface area contributed by atoms with Gasteiger partial charge in [-0.15, -0.1) is 0 Å². The summed E-state index contributed by atoms with van der Waals surface area (Å²) in [5.41, 5.74) is -0.593. The fourth-order valence-corrected chi connectivity index (χ4v) is 2.14. The van der Waals surface area contributed by atoms with Crippen LogP contribution in [-0.2, 0) is 9.53 Å². The number of hydrogen-bond acceptors (Lipinski definition) is 3. The van der Waals surface area contributed by atoms with Crippen molar-refractivity contribution in [3.63, 3.8) is 0 Å². The van der Waals surface area contributed by atoms with Gasteiger partial charge in [0.05, 0.1) is 0 Å². The molecule has 0 bridgehead atoms. The van der Waals surface area contributed by atoms with Crippen molar-refractivity contribution >= 4 is 12.1 Å². The molecule has 0 saturated carbocycles. The van der Waals surface area contributed by atoms with Gasteiger partial charge in [0, 0.05) is 6.54 Å². The highest BCUT2D eigenvalue weighted by Gasteiger charge is 2.42. The molecule has 98 valence electrons. The Hall–Kier alpha value is -1.26. The van der Waals surface area contributed by atoms with E-state index in [1.807, 2.05) is 6.92 Å². The molecule has 1 saturated heterocycles. The Morgan fingerprint density at radius 3 is 2.41 bits per heavy atom. The van der Waals surface area contributed by atoms with Crippen molar-refractivity contribution in [1.29, 1.82) is 0 Å². The first-order valence-electron chi connectivity index (χ1n) is 5.98. The predicted molar refractivity (Wildman–Crippen MR) is 62.8 cm³/mol. The Balaban J connectivity index is 2.76. The van der Waals surface area contributed by atoms with Crippen LogP contribution in [0.15, 0.2) is 0 Å². The molecule has 1 aliphatic rings. The van der Waals surface area contributed by atoms with Crippen LogP contribution in [0.1, 0.15) is 40.5 Å². The number of carboxylic acids is 1. The number of amides is 1. The Morgan fingerprint density at radius 1 is 1.41 bits per heavy atom. The SMILES string of the molecule is CC[C@H]1CCN(C(=O)OC(C)(C)C)[C@H]1C(=O)O. The topological polar surface area (TPSA) is 66.8 Å². The number of likely N-dealkylation sites (tertiary alicyclic amines) is 1. The Kier molecular flexibility index (Phi) is 4.01. The zero-order valence-electron chi connectivity index (χ0n) is 10.9. The van der Waals surface area contributed by atoms with Crippen LogP contribution >= 0.6 is 0 Å². The molecule has 1 aliphatic heterocycles. The van der Waals surface area contributed by atoms with Crippen LogP contribution in [-0.4, -0.2) is 40.3 Å². The summed E-state index contributed by atoms with van der Waals surface area (Å²) in [6.07, 6.45) is 0.962. The standard InChI is InChI=1S/C12H21NO4/c1-5-8-6-7-13(9(8)10(14)15)11(16)17-12(2,3)4/h8-9H,5-7H2,1-4H3,(H,14,15)/t8-,9+/m0/s1. The predicted octanol–water partition coefficient (Wildman–Crippen LogP) is 2.11. The minimum Gasteiger partial charge on any atom is -0.480 e. The third-order valence-corrected chi connectivity index (χ3v) is 2.93. The molecule has 1 fully saturated rings. The Bertz CT molecular complexity index is 308. The lowest BCUT2D eigenvalue weighted by molar-refractivity contribution is -0.143. The smallest absolute Gasteiger partial charge is 0.411 e. The summed E-state index contributed by atoms with van der Waals surface area (Å²) in [4.78, 5) is 24.4. The van der Waals surface area contributed by atoms with E-state index in [1.165, 1.54) is 4.90 Å². The van der Waals surface area contributed by atoms with E-state index in [4.69, 9.17) is 4.74 Å². The lowest BCUT2D eigenvalue weighted by Crippen LogP contribution is -2.45. The van der Waals surface area contributed by atoms with Crippen molar-refractivity contribution in [2.45, 2.75) is 52.2 Å². The van der Waals surface area contributed by atoms with E-state index >= 15 is 0 Å². The van der Waals surface area contributed by atoms with Gasteiger partial charge in [-0.1, -0.05) is 13.3 Å². The van der Waals surface area contributed by atoms with Crippen molar-refractivity contribution in [3.05, 3.63) is 0 Å². The van der Waals surface area contributed by atoms with Gasteiger partial charge in [-0.3, -0.25) is 4.90 Å². The highest BCUT2D eigenvalue weighted by Crippen LogP contribution is 2.28. The molecule has 1 N–H and O–H groups in total. The molecule has 1 heterocycles. The maximum absolute atomic E-state index is 11.9. The first-order valence-corrected chi connectivity index (χ1v) is 5.98. The molecule has 0 aromatic carbocycles. The molecule has 0 aromatic rings. The molecule has 17 heavy (non-hydrogen) atoms. The lowest BCUT2D eigenvalue weighted by Gasteiger charge is -2.28. The van der Waals surface area contributed by atoms with Crippen molar-refractivity contribution in [1.82, 2.24) is 4.90 Å². The van der Waals surface area contributed by atoms with E-state index in [-0.39, 0.29) is 5.92 Å². The Labute approximate surface area is 102 Å². The second-order valence-electron chi connectivity index (χ2n) is 5.41. The van der Waals surface area contributed by atoms with E-state index < -0.39 is 23.7 Å². The van der Waals surface area contributed by atoms with Crippen molar-refractivity contribution in [3.8, 4) is 0 Å². The third kappa shape index (κ3) is 3.35.